The monoisotopic (exact) mass is 330 g/mol. The highest BCUT2D eigenvalue weighted by Gasteiger charge is 2.14. The Kier molecular flexibility index (Phi) is 6.23. The van der Waals surface area contributed by atoms with E-state index in [1.807, 2.05) is 42.8 Å². The van der Waals surface area contributed by atoms with Gasteiger partial charge in [-0.3, -0.25) is 10.2 Å². The summed E-state index contributed by atoms with van der Waals surface area (Å²) in [5.74, 6) is -0.333. The standard InChI is InChI=1S/C18H26N4O2/c1-4-5-6-9-13(2)19-18(24)21-20-17(23)15-12-22(3)16-11-8-7-10-14(15)16/h7-8,10-13H,4-6,9H2,1-3H3,(H,20,23)(H2,19,21,24). The first-order chi connectivity index (χ1) is 11.5. The van der Waals surface area contributed by atoms with Crippen molar-refractivity contribution >= 4 is 22.8 Å². The number of aromatic nitrogens is 1. The van der Waals surface area contributed by atoms with E-state index in [0.717, 1.165) is 36.6 Å². The molecule has 0 aliphatic rings. The van der Waals surface area contributed by atoms with Crippen LogP contribution < -0.4 is 16.2 Å². The number of hydrogen-bond acceptors (Lipinski definition) is 2. The number of para-hydroxylation sites is 1. The summed E-state index contributed by atoms with van der Waals surface area (Å²) in [5, 5.41) is 3.67. The number of urea groups is 1. The van der Waals surface area contributed by atoms with Crippen LogP contribution in [0.1, 0.15) is 49.9 Å². The van der Waals surface area contributed by atoms with Gasteiger partial charge in [0.1, 0.15) is 0 Å². The lowest BCUT2D eigenvalue weighted by Crippen LogP contribution is -2.49. The average Bonchev–Trinajstić information content (AvgIpc) is 2.90. The predicted octanol–water partition coefficient (Wildman–Crippen LogP) is 3.09. The highest BCUT2D eigenvalue weighted by molar-refractivity contribution is 6.07. The third-order valence-corrected chi connectivity index (χ3v) is 4.05. The molecule has 1 aromatic heterocycles. The number of hydrazine groups is 1. The molecule has 6 heteroatoms. The molecule has 130 valence electrons. The van der Waals surface area contributed by atoms with Crippen LogP contribution in [-0.2, 0) is 7.05 Å². The predicted molar refractivity (Wildman–Crippen MR) is 95.7 cm³/mol. The summed E-state index contributed by atoms with van der Waals surface area (Å²) in [6, 6.07) is 7.33. The number of benzene rings is 1. The molecule has 3 N–H and O–H groups in total. The lowest BCUT2D eigenvalue weighted by Gasteiger charge is -2.14. The van der Waals surface area contributed by atoms with Gasteiger partial charge in [0, 0.05) is 30.2 Å². The summed E-state index contributed by atoms with van der Waals surface area (Å²) >= 11 is 0. The van der Waals surface area contributed by atoms with Gasteiger partial charge in [0.25, 0.3) is 5.91 Å². The maximum Gasteiger partial charge on any atom is 0.333 e. The Balaban J connectivity index is 1.87. The van der Waals surface area contributed by atoms with Crippen molar-refractivity contribution in [3.63, 3.8) is 0 Å². The van der Waals surface area contributed by atoms with Gasteiger partial charge in [-0.25, -0.2) is 10.2 Å². The molecule has 2 rings (SSSR count). The molecule has 0 radical (unpaired) electrons. The number of nitrogens with zero attached hydrogens (tertiary/aromatic N) is 1. The summed E-state index contributed by atoms with van der Waals surface area (Å²) < 4.78 is 1.89. The van der Waals surface area contributed by atoms with Crippen LogP contribution in [0.5, 0.6) is 0 Å². The summed E-state index contributed by atoms with van der Waals surface area (Å²) in [5.41, 5.74) is 6.38. The molecule has 1 heterocycles. The number of unbranched alkanes of at least 4 members (excludes halogenated alkanes) is 2. The third-order valence-electron chi connectivity index (χ3n) is 4.05. The minimum Gasteiger partial charge on any atom is -0.350 e. The quantitative estimate of drug-likeness (QED) is 0.562. The zero-order valence-corrected chi connectivity index (χ0v) is 14.6. The van der Waals surface area contributed by atoms with Crippen molar-refractivity contribution in [2.75, 3.05) is 0 Å². The molecule has 0 fully saturated rings. The Morgan fingerprint density at radius 1 is 1.17 bits per heavy atom. The van der Waals surface area contributed by atoms with Gasteiger partial charge in [-0.05, 0) is 19.4 Å². The molecule has 0 aliphatic carbocycles. The van der Waals surface area contributed by atoms with E-state index in [0.29, 0.717) is 5.56 Å². The maximum atomic E-state index is 12.3. The minimum atomic E-state index is -0.396. The van der Waals surface area contributed by atoms with E-state index < -0.39 is 6.03 Å². The van der Waals surface area contributed by atoms with Gasteiger partial charge in [0.15, 0.2) is 0 Å². The Morgan fingerprint density at radius 2 is 1.92 bits per heavy atom. The fourth-order valence-corrected chi connectivity index (χ4v) is 2.74. The molecule has 6 nitrogen and oxygen atoms in total. The normalized spacial score (nSPS) is 12.0. The summed E-state index contributed by atoms with van der Waals surface area (Å²) in [6.45, 7) is 4.11. The molecular weight excluding hydrogens is 304 g/mol. The van der Waals surface area contributed by atoms with Gasteiger partial charge in [0.2, 0.25) is 0 Å². The van der Waals surface area contributed by atoms with Gasteiger partial charge in [0.05, 0.1) is 5.56 Å². The van der Waals surface area contributed by atoms with Gasteiger partial charge in [-0.2, -0.15) is 0 Å². The fraction of sp³-hybridized carbons (Fsp3) is 0.444. The maximum absolute atomic E-state index is 12.3. The molecule has 3 amide bonds. The molecule has 2 aromatic rings. The van der Waals surface area contributed by atoms with Crippen molar-refractivity contribution in [2.45, 2.75) is 45.6 Å². The lowest BCUT2D eigenvalue weighted by molar-refractivity contribution is 0.0937. The van der Waals surface area contributed by atoms with Crippen LogP contribution in [-0.4, -0.2) is 22.5 Å². The topological polar surface area (TPSA) is 75.2 Å². The van der Waals surface area contributed by atoms with Gasteiger partial charge >= 0.3 is 6.03 Å². The van der Waals surface area contributed by atoms with Crippen LogP contribution >= 0.6 is 0 Å². The van der Waals surface area contributed by atoms with Crippen molar-refractivity contribution < 1.29 is 9.59 Å². The minimum absolute atomic E-state index is 0.0750. The van der Waals surface area contributed by atoms with E-state index in [-0.39, 0.29) is 11.9 Å². The Hall–Kier alpha value is -2.50. The van der Waals surface area contributed by atoms with E-state index in [4.69, 9.17) is 0 Å². The largest absolute Gasteiger partial charge is 0.350 e. The molecule has 1 aromatic carbocycles. The first kappa shape index (κ1) is 17.8. The molecule has 0 bridgehead atoms. The molecule has 0 saturated carbocycles. The summed E-state index contributed by atoms with van der Waals surface area (Å²) in [7, 11) is 1.89. The number of carbonyl (C=O) groups excluding carboxylic acids is 2. The molecule has 1 unspecified atom stereocenters. The lowest BCUT2D eigenvalue weighted by atomic mass is 10.1. The second-order valence-electron chi connectivity index (χ2n) is 6.12. The van der Waals surface area contributed by atoms with Crippen LogP contribution in [0.25, 0.3) is 10.9 Å². The SMILES string of the molecule is CCCCCC(C)NC(=O)NNC(=O)c1cn(C)c2ccccc12. The molecule has 24 heavy (non-hydrogen) atoms. The second kappa shape index (κ2) is 8.38. The number of hydrogen-bond donors (Lipinski definition) is 3. The molecule has 0 spiro atoms. The summed E-state index contributed by atoms with van der Waals surface area (Å²) in [6.07, 6.45) is 6.08. The average molecular weight is 330 g/mol. The molecular formula is C18H26N4O2. The molecule has 1 atom stereocenters. The second-order valence-corrected chi connectivity index (χ2v) is 6.12. The van der Waals surface area contributed by atoms with Crippen LogP contribution in [0, 0.1) is 0 Å². The highest BCUT2D eigenvalue weighted by atomic mass is 16.2. The van der Waals surface area contributed by atoms with Crippen LogP contribution in [0.3, 0.4) is 0 Å². The molecule has 0 saturated heterocycles. The summed E-state index contributed by atoms with van der Waals surface area (Å²) in [4.78, 5) is 24.2. The van der Waals surface area contributed by atoms with Crippen LogP contribution in [0.4, 0.5) is 4.79 Å². The number of fused-ring (bicyclic) bond motifs is 1. The first-order valence-corrected chi connectivity index (χ1v) is 8.43. The van der Waals surface area contributed by atoms with E-state index in [1.54, 1.807) is 6.20 Å². The van der Waals surface area contributed by atoms with Crippen molar-refractivity contribution in [3.05, 3.63) is 36.0 Å². The van der Waals surface area contributed by atoms with Crippen molar-refractivity contribution in [2.24, 2.45) is 7.05 Å². The van der Waals surface area contributed by atoms with Crippen molar-refractivity contribution in [1.29, 1.82) is 0 Å². The zero-order valence-electron chi connectivity index (χ0n) is 14.6. The number of carbonyl (C=O) groups is 2. The number of rotatable bonds is 6. The zero-order chi connectivity index (χ0) is 17.5. The fourth-order valence-electron chi connectivity index (χ4n) is 2.74. The van der Waals surface area contributed by atoms with E-state index >= 15 is 0 Å². The third kappa shape index (κ3) is 4.50. The van der Waals surface area contributed by atoms with E-state index in [2.05, 4.69) is 23.1 Å². The highest BCUT2D eigenvalue weighted by Crippen LogP contribution is 2.19. The Bertz CT molecular complexity index is 708. The number of nitrogens with one attached hydrogen (secondary N) is 3. The number of amides is 3. The number of aryl methyl sites for hydroxylation is 1. The smallest absolute Gasteiger partial charge is 0.333 e. The van der Waals surface area contributed by atoms with Gasteiger partial charge in [-0.15, -0.1) is 0 Å². The van der Waals surface area contributed by atoms with Crippen molar-refractivity contribution in [1.82, 2.24) is 20.7 Å². The van der Waals surface area contributed by atoms with Crippen molar-refractivity contribution in [3.8, 4) is 0 Å². The van der Waals surface area contributed by atoms with Crippen LogP contribution in [0.15, 0.2) is 30.5 Å². The molecule has 0 aliphatic heterocycles. The van der Waals surface area contributed by atoms with E-state index in [1.165, 1.54) is 0 Å². The van der Waals surface area contributed by atoms with Gasteiger partial charge in [-0.1, -0.05) is 44.4 Å². The Morgan fingerprint density at radius 3 is 2.67 bits per heavy atom. The van der Waals surface area contributed by atoms with Crippen LogP contribution in [0.2, 0.25) is 0 Å². The van der Waals surface area contributed by atoms with E-state index in [9.17, 15) is 9.59 Å². The van der Waals surface area contributed by atoms with Gasteiger partial charge < -0.3 is 9.88 Å². The first-order valence-electron chi connectivity index (χ1n) is 8.43. The Labute approximate surface area is 142 Å².